The second-order valence-electron chi connectivity index (χ2n) is 8.00. The fourth-order valence-corrected chi connectivity index (χ4v) is 4.41. The SMILES string of the molecule is Nc1cc(C(=O)N2CCC3(CCC(=O)N(Cc4ccccc4)C3)CC2)ccn1. The Morgan fingerprint density at radius 2 is 1.86 bits per heavy atom. The van der Waals surface area contributed by atoms with E-state index in [-0.39, 0.29) is 17.2 Å². The quantitative estimate of drug-likeness (QED) is 0.891. The number of nitrogens with zero attached hydrogens (tertiary/aromatic N) is 3. The molecule has 0 radical (unpaired) electrons. The summed E-state index contributed by atoms with van der Waals surface area (Å²) in [7, 11) is 0. The molecule has 1 spiro atoms. The van der Waals surface area contributed by atoms with E-state index >= 15 is 0 Å². The smallest absolute Gasteiger partial charge is 0.254 e. The largest absolute Gasteiger partial charge is 0.384 e. The number of benzene rings is 1. The molecule has 2 saturated heterocycles. The number of nitrogens with two attached hydrogens (primary N) is 1. The molecule has 1 aromatic carbocycles. The normalized spacial score (nSPS) is 19.1. The van der Waals surface area contributed by atoms with Crippen LogP contribution in [0.1, 0.15) is 41.6 Å². The van der Waals surface area contributed by atoms with E-state index in [0.29, 0.717) is 37.4 Å². The Morgan fingerprint density at radius 3 is 2.57 bits per heavy atom. The van der Waals surface area contributed by atoms with Gasteiger partial charge in [-0.3, -0.25) is 9.59 Å². The van der Waals surface area contributed by atoms with E-state index in [1.807, 2.05) is 28.0 Å². The highest BCUT2D eigenvalue weighted by Crippen LogP contribution is 2.40. The fraction of sp³-hybridized carbons (Fsp3) is 0.409. The van der Waals surface area contributed by atoms with Crippen molar-refractivity contribution in [3.63, 3.8) is 0 Å². The van der Waals surface area contributed by atoms with Crippen LogP contribution < -0.4 is 5.73 Å². The molecule has 0 saturated carbocycles. The molecule has 2 amide bonds. The zero-order valence-electron chi connectivity index (χ0n) is 16.0. The number of carbonyl (C=O) groups excluding carboxylic acids is 2. The van der Waals surface area contributed by atoms with Crippen molar-refractivity contribution in [3.05, 3.63) is 59.8 Å². The van der Waals surface area contributed by atoms with E-state index in [9.17, 15) is 9.59 Å². The lowest BCUT2D eigenvalue weighted by Crippen LogP contribution is -2.52. The first kappa shape index (κ1) is 18.5. The van der Waals surface area contributed by atoms with Gasteiger partial charge >= 0.3 is 0 Å². The summed E-state index contributed by atoms with van der Waals surface area (Å²) in [5.41, 5.74) is 7.59. The third kappa shape index (κ3) is 3.86. The maximum Gasteiger partial charge on any atom is 0.254 e. The van der Waals surface area contributed by atoms with Crippen LogP contribution in [0.25, 0.3) is 0 Å². The van der Waals surface area contributed by atoms with Gasteiger partial charge in [0.2, 0.25) is 5.91 Å². The van der Waals surface area contributed by atoms with Gasteiger partial charge in [0, 0.05) is 44.4 Å². The molecule has 0 aliphatic carbocycles. The van der Waals surface area contributed by atoms with E-state index in [2.05, 4.69) is 17.1 Å². The molecule has 2 fully saturated rings. The molecule has 2 N–H and O–H groups in total. The van der Waals surface area contributed by atoms with Gasteiger partial charge in [-0.25, -0.2) is 4.98 Å². The monoisotopic (exact) mass is 378 g/mol. The Labute approximate surface area is 165 Å². The molecule has 2 aliphatic rings. The summed E-state index contributed by atoms with van der Waals surface area (Å²) < 4.78 is 0. The number of nitrogen functional groups attached to an aromatic ring is 1. The molecule has 2 aromatic rings. The number of aromatic nitrogens is 1. The van der Waals surface area contributed by atoms with Crippen molar-refractivity contribution >= 4 is 17.6 Å². The third-order valence-electron chi connectivity index (χ3n) is 6.10. The number of rotatable bonds is 3. The number of anilines is 1. The maximum atomic E-state index is 12.8. The number of likely N-dealkylation sites (tertiary alicyclic amines) is 2. The average molecular weight is 378 g/mol. The van der Waals surface area contributed by atoms with Crippen LogP contribution in [0.5, 0.6) is 0 Å². The van der Waals surface area contributed by atoms with Crippen molar-refractivity contribution < 1.29 is 9.59 Å². The third-order valence-corrected chi connectivity index (χ3v) is 6.10. The predicted molar refractivity (Wildman–Crippen MR) is 107 cm³/mol. The van der Waals surface area contributed by atoms with Crippen molar-refractivity contribution in [1.29, 1.82) is 0 Å². The topological polar surface area (TPSA) is 79.5 Å². The summed E-state index contributed by atoms with van der Waals surface area (Å²) >= 11 is 0. The number of hydrogen-bond acceptors (Lipinski definition) is 4. The minimum atomic E-state index is 0.0111. The van der Waals surface area contributed by atoms with E-state index in [4.69, 9.17) is 5.73 Å². The van der Waals surface area contributed by atoms with Crippen LogP contribution in [0.15, 0.2) is 48.7 Å². The highest BCUT2D eigenvalue weighted by Gasteiger charge is 2.41. The van der Waals surface area contributed by atoms with Crippen molar-refractivity contribution in [2.45, 2.75) is 32.2 Å². The molecule has 2 aliphatic heterocycles. The van der Waals surface area contributed by atoms with Gasteiger partial charge in [0.25, 0.3) is 5.91 Å². The summed E-state index contributed by atoms with van der Waals surface area (Å²) in [4.78, 5) is 33.1. The van der Waals surface area contributed by atoms with E-state index < -0.39 is 0 Å². The van der Waals surface area contributed by atoms with Gasteiger partial charge in [-0.15, -0.1) is 0 Å². The molecule has 28 heavy (non-hydrogen) atoms. The lowest BCUT2D eigenvalue weighted by Gasteiger charge is -2.47. The number of piperidine rings is 2. The van der Waals surface area contributed by atoms with Gasteiger partial charge in [0.1, 0.15) is 5.82 Å². The Balaban J connectivity index is 1.40. The highest BCUT2D eigenvalue weighted by molar-refractivity contribution is 5.94. The summed E-state index contributed by atoms with van der Waals surface area (Å²) in [6, 6.07) is 13.5. The Kier molecular flexibility index (Phi) is 5.03. The molecular weight excluding hydrogens is 352 g/mol. The summed E-state index contributed by atoms with van der Waals surface area (Å²) in [6.45, 7) is 2.88. The molecule has 3 heterocycles. The van der Waals surface area contributed by atoms with Gasteiger partial charge in [-0.2, -0.15) is 0 Å². The molecular formula is C22H26N4O2. The lowest BCUT2D eigenvalue weighted by molar-refractivity contribution is -0.139. The van der Waals surface area contributed by atoms with E-state index in [1.54, 1.807) is 18.3 Å². The first-order valence-electron chi connectivity index (χ1n) is 9.87. The zero-order chi connectivity index (χ0) is 19.6. The molecule has 6 heteroatoms. The van der Waals surface area contributed by atoms with Crippen molar-refractivity contribution in [3.8, 4) is 0 Å². The van der Waals surface area contributed by atoms with Gasteiger partial charge in [-0.1, -0.05) is 30.3 Å². The molecule has 4 rings (SSSR count). The molecule has 6 nitrogen and oxygen atoms in total. The summed E-state index contributed by atoms with van der Waals surface area (Å²) in [6.07, 6.45) is 4.95. The van der Waals surface area contributed by atoms with Crippen molar-refractivity contribution in [2.24, 2.45) is 5.41 Å². The average Bonchev–Trinajstić information content (AvgIpc) is 2.72. The number of amides is 2. The first-order valence-corrected chi connectivity index (χ1v) is 9.87. The summed E-state index contributed by atoms with van der Waals surface area (Å²) in [5.74, 6) is 0.610. The van der Waals surface area contributed by atoms with Crippen molar-refractivity contribution in [2.75, 3.05) is 25.4 Å². The van der Waals surface area contributed by atoms with Gasteiger partial charge in [0.15, 0.2) is 0 Å². The second-order valence-corrected chi connectivity index (χ2v) is 8.00. The van der Waals surface area contributed by atoms with Crippen LogP contribution in [-0.2, 0) is 11.3 Å². The molecule has 1 aromatic heterocycles. The number of carbonyl (C=O) groups is 2. The standard InChI is InChI=1S/C22H26N4O2/c23-19-14-18(7-11-24-19)21(28)25-12-9-22(10-13-25)8-6-20(27)26(16-22)15-17-4-2-1-3-5-17/h1-5,7,11,14H,6,8-10,12-13,15-16H2,(H2,23,24). The minimum Gasteiger partial charge on any atom is -0.384 e. The van der Waals surface area contributed by atoms with E-state index in [0.717, 1.165) is 31.4 Å². The molecule has 0 unspecified atom stereocenters. The van der Waals surface area contributed by atoms with Crippen LogP contribution in [0.2, 0.25) is 0 Å². The van der Waals surface area contributed by atoms with Gasteiger partial charge < -0.3 is 15.5 Å². The van der Waals surface area contributed by atoms with Crippen LogP contribution >= 0.6 is 0 Å². The summed E-state index contributed by atoms with van der Waals surface area (Å²) in [5, 5.41) is 0. The second kappa shape index (κ2) is 7.62. The van der Waals surface area contributed by atoms with Gasteiger partial charge in [-0.05, 0) is 42.4 Å². The van der Waals surface area contributed by atoms with E-state index in [1.165, 1.54) is 0 Å². The Bertz CT molecular complexity index is 860. The van der Waals surface area contributed by atoms with Crippen LogP contribution in [0.3, 0.4) is 0 Å². The van der Waals surface area contributed by atoms with Crippen LogP contribution in [-0.4, -0.2) is 46.2 Å². The van der Waals surface area contributed by atoms with Crippen molar-refractivity contribution in [1.82, 2.24) is 14.8 Å². The Hall–Kier alpha value is -2.89. The number of hydrogen-bond donors (Lipinski definition) is 1. The molecule has 146 valence electrons. The van der Waals surface area contributed by atoms with Crippen LogP contribution in [0.4, 0.5) is 5.82 Å². The Morgan fingerprint density at radius 1 is 1.11 bits per heavy atom. The minimum absolute atomic E-state index is 0.0111. The zero-order valence-corrected chi connectivity index (χ0v) is 16.0. The first-order chi connectivity index (χ1) is 13.5. The van der Waals surface area contributed by atoms with Crippen LogP contribution in [0, 0.1) is 5.41 Å². The fourth-order valence-electron chi connectivity index (χ4n) is 4.41. The molecule has 0 atom stereocenters. The highest BCUT2D eigenvalue weighted by atomic mass is 16.2. The molecule has 0 bridgehead atoms. The number of pyridine rings is 1. The van der Waals surface area contributed by atoms with Gasteiger partial charge in [0.05, 0.1) is 0 Å². The lowest BCUT2D eigenvalue weighted by atomic mass is 9.72. The predicted octanol–water partition coefficient (Wildman–Crippen LogP) is 2.71. The maximum absolute atomic E-state index is 12.8.